The van der Waals surface area contributed by atoms with Crippen molar-refractivity contribution < 1.29 is 9.53 Å². The van der Waals surface area contributed by atoms with Crippen LogP contribution in [-0.2, 0) is 6.61 Å². The highest BCUT2D eigenvalue weighted by molar-refractivity contribution is 6.33. The molecule has 1 fully saturated rings. The first kappa shape index (κ1) is 21.3. The molecule has 5 rings (SSSR count). The van der Waals surface area contributed by atoms with Gasteiger partial charge in [-0.2, -0.15) is 0 Å². The maximum absolute atomic E-state index is 13.0. The number of piperazine rings is 1. The maximum Gasteiger partial charge on any atom is 0.253 e. The second-order valence-electron chi connectivity index (χ2n) is 8.04. The first-order valence-electron chi connectivity index (χ1n) is 11.0. The van der Waals surface area contributed by atoms with Crippen molar-refractivity contribution in [2.45, 2.75) is 6.61 Å². The predicted molar refractivity (Wildman–Crippen MR) is 132 cm³/mol. The van der Waals surface area contributed by atoms with Gasteiger partial charge in [0.25, 0.3) is 5.91 Å². The summed E-state index contributed by atoms with van der Waals surface area (Å²) in [6.45, 7) is 3.22. The van der Waals surface area contributed by atoms with Crippen molar-refractivity contribution >= 4 is 34.1 Å². The van der Waals surface area contributed by atoms with Gasteiger partial charge in [0, 0.05) is 37.1 Å². The summed E-state index contributed by atoms with van der Waals surface area (Å²) < 4.78 is 5.89. The first-order valence-corrected chi connectivity index (χ1v) is 11.4. The van der Waals surface area contributed by atoms with Gasteiger partial charge >= 0.3 is 0 Å². The van der Waals surface area contributed by atoms with Crippen LogP contribution in [0.3, 0.4) is 0 Å². The number of amides is 1. The van der Waals surface area contributed by atoms with Gasteiger partial charge in [0.1, 0.15) is 12.4 Å². The van der Waals surface area contributed by atoms with Crippen molar-refractivity contribution in [3.63, 3.8) is 0 Å². The summed E-state index contributed by atoms with van der Waals surface area (Å²) >= 11 is 6.32. The molecule has 1 aliphatic rings. The largest absolute Gasteiger partial charge is 0.487 e. The Morgan fingerprint density at radius 1 is 0.848 bits per heavy atom. The van der Waals surface area contributed by atoms with E-state index < -0.39 is 0 Å². The lowest BCUT2D eigenvalue weighted by Crippen LogP contribution is -2.48. The molecule has 4 aromatic rings. The third-order valence-electron chi connectivity index (χ3n) is 5.90. The van der Waals surface area contributed by atoms with Crippen molar-refractivity contribution in [1.29, 1.82) is 0 Å². The number of ether oxygens (including phenoxy) is 1. The molecule has 0 unspecified atom stereocenters. The summed E-state index contributed by atoms with van der Waals surface area (Å²) in [4.78, 5) is 21.7. The number of carbonyl (C=O) groups is 1. The molecule has 166 valence electrons. The second-order valence-corrected chi connectivity index (χ2v) is 8.45. The van der Waals surface area contributed by atoms with E-state index in [1.807, 2.05) is 89.8 Å². The monoisotopic (exact) mass is 457 g/mol. The molecule has 1 amide bonds. The second kappa shape index (κ2) is 9.51. The highest BCUT2D eigenvalue weighted by atomic mass is 35.5. The topological polar surface area (TPSA) is 45.7 Å². The fourth-order valence-corrected chi connectivity index (χ4v) is 4.34. The molecule has 0 atom stereocenters. The summed E-state index contributed by atoms with van der Waals surface area (Å²) in [6.07, 6.45) is 0. The van der Waals surface area contributed by atoms with E-state index in [4.69, 9.17) is 16.3 Å². The number of aromatic nitrogens is 1. The molecule has 0 N–H and O–H groups in total. The molecule has 33 heavy (non-hydrogen) atoms. The molecule has 0 spiro atoms. The summed E-state index contributed by atoms with van der Waals surface area (Å²) in [5.41, 5.74) is 3.51. The van der Waals surface area contributed by atoms with Crippen LogP contribution >= 0.6 is 11.6 Å². The number of para-hydroxylation sites is 2. The summed E-state index contributed by atoms with van der Waals surface area (Å²) in [7, 11) is 0. The SMILES string of the molecule is O=C(c1ccc(OCc2ccc3ccccc3n2)cc1)N1CCN(c2ccccc2Cl)CC1. The Morgan fingerprint density at radius 3 is 2.36 bits per heavy atom. The lowest BCUT2D eigenvalue weighted by atomic mass is 10.1. The normalized spacial score (nSPS) is 13.8. The number of pyridine rings is 1. The zero-order chi connectivity index (χ0) is 22.6. The van der Waals surface area contributed by atoms with Gasteiger partial charge in [-0.3, -0.25) is 4.79 Å². The Bertz CT molecular complexity index is 1270. The van der Waals surface area contributed by atoms with Crippen LogP contribution < -0.4 is 9.64 Å². The van der Waals surface area contributed by atoms with Gasteiger partial charge < -0.3 is 14.5 Å². The molecule has 0 aliphatic carbocycles. The Kier molecular flexibility index (Phi) is 6.13. The Hall–Kier alpha value is -3.57. The van der Waals surface area contributed by atoms with Crippen LogP contribution in [0.15, 0.2) is 84.9 Å². The summed E-state index contributed by atoms with van der Waals surface area (Å²) in [5.74, 6) is 0.751. The Balaban J connectivity index is 1.17. The van der Waals surface area contributed by atoms with Crippen LogP contribution in [-0.4, -0.2) is 42.0 Å². The number of hydrogen-bond acceptors (Lipinski definition) is 4. The van der Waals surface area contributed by atoms with Crippen molar-refractivity contribution in [1.82, 2.24) is 9.88 Å². The molecule has 1 aliphatic heterocycles. The van der Waals surface area contributed by atoms with Crippen molar-refractivity contribution in [2.75, 3.05) is 31.1 Å². The molecule has 2 heterocycles. The molecule has 6 heteroatoms. The molecule has 0 saturated carbocycles. The van der Waals surface area contributed by atoms with Crippen LogP contribution in [0.5, 0.6) is 5.75 Å². The van der Waals surface area contributed by atoms with E-state index in [9.17, 15) is 4.79 Å². The lowest BCUT2D eigenvalue weighted by molar-refractivity contribution is 0.0746. The number of carbonyl (C=O) groups excluding carboxylic acids is 1. The van der Waals surface area contributed by atoms with E-state index >= 15 is 0 Å². The molecular weight excluding hydrogens is 434 g/mol. The number of hydrogen-bond donors (Lipinski definition) is 0. The van der Waals surface area contributed by atoms with E-state index in [-0.39, 0.29) is 5.91 Å². The van der Waals surface area contributed by atoms with Crippen LogP contribution in [0.2, 0.25) is 5.02 Å². The molecule has 1 aromatic heterocycles. The Morgan fingerprint density at radius 2 is 1.58 bits per heavy atom. The predicted octanol–water partition coefficient (Wildman–Crippen LogP) is 5.43. The number of halogens is 1. The van der Waals surface area contributed by atoms with Gasteiger partial charge in [0.15, 0.2) is 0 Å². The van der Waals surface area contributed by atoms with Crippen LogP contribution in [0.1, 0.15) is 16.1 Å². The zero-order valence-electron chi connectivity index (χ0n) is 18.2. The van der Waals surface area contributed by atoms with Crippen LogP contribution in [0.25, 0.3) is 10.9 Å². The molecule has 1 saturated heterocycles. The number of benzene rings is 3. The third kappa shape index (κ3) is 4.78. The molecule has 0 radical (unpaired) electrons. The minimum atomic E-state index is 0.0385. The highest BCUT2D eigenvalue weighted by Crippen LogP contribution is 2.26. The van der Waals surface area contributed by atoms with Gasteiger partial charge in [-0.1, -0.05) is 48.0 Å². The smallest absolute Gasteiger partial charge is 0.253 e. The van der Waals surface area contributed by atoms with E-state index in [0.717, 1.165) is 40.4 Å². The molecule has 0 bridgehead atoms. The maximum atomic E-state index is 13.0. The van der Waals surface area contributed by atoms with Gasteiger partial charge in [0.2, 0.25) is 0 Å². The van der Waals surface area contributed by atoms with E-state index in [2.05, 4.69) is 9.88 Å². The fraction of sp³-hybridized carbons (Fsp3) is 0.185. The van der Waals surface area contributed by atoms with Gasteiger partial charge in [-0.25, -0.2) is 4.98 Å². The fourth-order valence-electron chi connectivity index (χ4n) is 4.08. The summed E-state index contributed by atoms with van der Waals surface area (Å²) in [5, 5.41) is 1.85. The van der Waals surface area contributed by atoms with Gasteiger partial charge in [-0.05, 0) is 48.5 Å². The minimum absolute atomic E-state index is 0.0385. The van der Waals surface area contributed by atoms with E-state index in [0.29, 0.717) is 31.0 Å². The highest BCUT2D eigenvalue weighted by Gasteiger charge is 2.23. The average Bonchev–Trinajstić information content (AvgIpc) is 2.88. The molecule has 3 aromatic carbocycles. The number of anilines is 1. The number of fused-ring (bicyclic) bond motifs is 1. The minimum Gasteiger partial charge on any atom is -0.487 e. The lowest BCUT2D eigenvalue weighted by Gasteiger charge is -2.36. The Labute approximate surface area is 198 Å². The quantitative estimate of drug-likeness (QED) is 0.401. The van der Waals surface area contributed by atoms with Crippen LogP contribution in [0, 0.1) is 0 Å². The van der Waals surface area contributed by atoms with E-state index in [1.54, 1.807) is 0 Å². The zero-order valence-corrected chi connectivity index (χ0v) is 18.9. The van der Waals surface area contributed by atoms with Crippen molar-refractivity contribution in [3.8, 4) is 5.75 Å². The molecular formula is C27H24ClN3O2. The van der Waals surface area contributed by atoms with Crippen molar-refractivity contribution in [2.24, 2.45) is 0 Å². The van der Waals surface area contributed by atoms with Crippen molar-refractivity contribution in [3.05, 3.63) is 101 Å². The van der Waals surface area contributed by atoms with E-state index in [1.165, 1.54) is 0 Å². The number of rotatable bonds is 5. The first-order chi connectivity index (χ1) is 16.2. The average molecular weight is 458 g/mol. The standard InChI is InChI=1S/C27H24ClN3O2/c28-24-6-2-4-8-26(24)30-15-17-31(18-16-30)27(32)21-10-13-23(14-11-21)33-19-22-12-9-20-5-1-3-7-25(20)29-22/h1-14H,15-19H2. The van der Waals surface area contributed by atoms with Crippen LogP contribution in [0.4, 0.5) is 5.69 Å². The van der Waals surface area contributed by atoms with Gasteiger partial charge in [-0.15, -0.1) is 0 Å². The van der Waals surface area contributed by atoms with Gasteiger partial charge in [0.05, 0.1) is 21.9 Å². The third-order valence-corrected chi connectivity index (χ3v) is 6.22. The summed E-state index contributed by atoms with van der Waals surface area (Å²) in [6, 6.07) is 27.2. The number of nitrogens with zero attached hydrogens (tertiary/aromatic N) is 3. The molecule has 5 nitrogen and oxygen atoms in total.